The number of allylic oxidation sites excluding steroid dienone is 3. The highest BCUT2D eigenvalue weighted by Gasteiger charge is 2.34. The lowest BCUT2D eigenvalue weighted by molar-refractivity contribution is -0.130. The molecule has 2 amide bonds. The number of nitrogens with zero attached hydrogens (tertiary/aromatic N) is 1. The Morgan fingerprint density at radius 2 is 1.97 bits per heavy atom. The first-order valence-corrected chi connectivity index (χ1v) is 12.0. The summed E-state index contributed by atoms with van der Waals surface area (Å²) in [4.78, 5) is 24.6. The second kappa shape index (κ2) is 12.8. The number of carbonyl (C=O) groups excluding carboxylic acids is 2. The van der Waals surface area contributed by atoms with Gasteiger partial charge in [0, 0.05) is 36.1 Å². The highest BCUT2D eigenvalue weighted by atomic mass is 19.1. The molecule has 2 atom stereocenters. The van der Waals surface area contributed by atoms with Crippen LogP contribution in [0.1, 0.15) is 78.3 Å². The van der Waals surface area contributed by atoms with Crippen molar-refractivity contribution in [1.82, 2.24) is 15.5 Å². The van der Waals surface area contributed by atoms with Crippen LogP contribution in [0.4, 0.5) is 14.6 Å². The molecule has 0 radical (unpaired) electrons. The number of anilines is 1. The maximum absolute atomic E-state index is 13.3. The Morgan fingerprint density at radius 1 is 1.29 bits per heavy atom. The number of nitrogens with one attached hydrogen (secondary N) is 3. The standard InChI is InChI=1S/C25H38F2N4O3/c1-16(12-19(27)10-11-26)13-20(32)24(34)28-17(2)14-23(33)29-22-15-21(30-31-22)25(3,4)18-8-6-5-7-9-18/h10,12,15,17-18,20,32H,5-9,11,13-14H2,1-4H3,(H,28,34)(H2,29,30,31,33)/b16-12+,19-10+/t17-,20-/m0/s1. The summed E-state index contributed by atoms with van der Waals surface area (Å²) in [6, 6.07) is 1.33. The van der Waals surface area contributed by atoms with E-state index in [0.29, 0.717) is 17.3 Å². The van der Waals surface area contributed by atoms with Crippen LogP contribution in [-0.2, 0) is 15.0 Å². The van der Waals surface area contributed by atoms with Crippen LogP contribution in [0.2, 0.25) is 0 Å². The Morgan fingerprint density at radius 3 is 2.62 bits per heavy atom. The summed E-state index contributed by atoms with van der Waals surface area (Å²) in [6.45, 7) is 6.66. The van der Waals surface area contributed by atoms with Crippen LogP contribution in [0.25, 0.3) is 0 Å². The number of hydrogen-bond donors (Lipinski definition) is 4. The number of halogens is 2. The molecule has 1 saturated carbocycles. The van der Waals surface area contributed by atoms with Gasteiger partial charge >= 0.3 is 0 Å². The quantitative estimate of drug-likeness (QED) is 0.347. The summed E-state index contributed by atoms with van der Waals surface area (Å²) in [5, 5.41) is 22.7. The predicted octanol–water partition coefficient (Wildman–Crippen LogP) is 4.62. The molecular weight excluding hydrogens is 442 g/mol. The number of hydrogen-bond acceptors (Lipinski definition) is 4. The van der Waals surface area contributed by atoms with Crippen molar-refractivity contribution in [2.75, 3.05) is 12.0 Å². The van der Waals surface area contributed by atoms with E-state index in [1.807, 2.05) is 6.07 Å². The summed E-state index contributed by atoms with van der Waals surface area (Å²) in [7, 11) is 0. The Bertz CT molecular complexity index is 888. The molecule has 0 unspecified atom stereocenters. The number of rotatable bonds is 11. The number of aliphatic hydroxyl groups is 1. The van der Waals surface area contributed by atoms with Crippen LogP contribution >= 0.6 is 0 Å². The molecule has 1 aromatic heterocycles. The number of aliphatic hydroxyl groups excluding tert-OH is 1. The second-order valence-corrected chi connectivity index (χ2v) is 9.84. The average Bonchev–Trinajstić information content (AvgIpc) is 3.23. The minimum Gasteiger partial charge on any atom is -0.383 e. The van der Waals surface area contributed by atoms with Crippen molar-refractivity contribution in [2.45, 2.75) is 90.2 Å². The second-order valence-electron chi connectivity index (χ2n) is 9.84. The molecule has 0 aliphatic heterocycles. The number of aromatic amines is 1. The summed E-state index contributed by atoms with van der Waals surface area (Å²) in [5.41, 5.74) is 1.31. The topological polar surface area (TPSA) is 107 Å². The molecule has 1 aromatic rings. The van der Waals surface area contributed by atoms with E-state index >= 15 is 0 Å². The third-order valence-corrected chi connectivity index (χ3v) is 6.52. The third-order valence-electron chi connectivity index (χ3n) is 6.52. The van der Waals surface area contributed by atoms with Crippen LogP contribution < -0.4 is 10.6 Å². The zero-order chi connectivity index (χ0) is 25.3. The molecule has 34 heavy (non-hydrogen) atoms. The van der Waals surface area contributed by atoms with Crippen LogP contribution in [0.15, 0.2) is 29.6 Å². The van der Waals surface area contributed by atoms with E-state index in [4.69, 9.17) is 0 Å². The van der Waals surface area contributed by atoms with Crippen molar-refractivity contribution in [3.8, 4) is 0 Å². The highest BCUT2D eigenvalue weighted by Crippen LogP contribution is 2.40. The maximum atomic E-state index is 13.3. The SMILES string of the molecule is C/C(=C\C(F)=C/CF)C[C@H](O)C(=O)N[C@@H](C)CC(=O)Nc1cc(C(C)(C)C2CCCCC2)[nH]n1. The Kier molecular flexibility index (Phi) is 10.4. The largest absolute Gasteiger partial charge is 0.383 e. The molecule has 1 fully saturated rings. The Hall–Kier alpha value is -2.55. The van der Waals surface area contributed by atoms with E-state index in [9.17, 15) is 23.5 Å². The van der Waals surface area contributed by atoms with Gasteiger partial charge in [0.2, 0.25) is 11.8 Å². The first-order valence-electron chi connectivity index (χ1n) is 12.0. The molecule has 1 heterocycles. The molecule has 4 N–H and O–H groups in total. The van der Waals surface area contributed by atoms with Crippen molar-refractivity contribution in [3.05, 3.63) is 35.3 Å². The van der Waals surface area contributed by atoms with Gasteiger partial charge in [0.05, 0.1) is 0 Å². The molecule has 9 heteroatoms. The highest BCUT2D eigenvalue weighted by molar-refractivity contribution is 5.90. The predicted molar refractivity (Wildman–Crippen MR) is 129 cm³/mol. The van der Waals surface area contributed by atoms with Gasteiger partial charge in [-0.15, -0.1) is 0 Å². The van der Waals surface area contributed by atoms with Crippen molar-refractivity contribution in [3.63, 3.8) is 0 Å². The molecule has 1 aliphatic carbocycles. The minimum absolute atomic E-state index is 0.00460. The lowest BCUT2D eigenvalue weighted by Crippen LogP contribution is -2.41. The summed E-state index contributed by atoms with van der Waals surface area (Å²) in [5.74, 6) is -0.737. The molecule has 190 valence electrons. The van der Waals surface area contributed by atoms with Gasteiger partial charge in [-0.25, -0.2) is 8.78 Å². The Labute approximate surface area is 200 Å². The number of amides is 2. The van der Waals surface area contributed by atoms with E-state index in [1.54, 1.807) is 6.92 Å². The maximum Gasteiger partial charge on any atom is 0.249 e. The third kappa shape index (κ3) is 8.34. The lowest BCUT2D eigenvalue weighted by atomic mass is 9.69. The van der Waals surface area contributed by atoms with Crippen molar-refractivity contribution in [2.24, 2.45) is 5.92 Å². The smallest absolute Gasteiger partial charge is 0.249 e. The molecular formula is C25H38F2N4O3. The van der Waals surface area contributed by atoms with E-state index in [2.05, 4.69) is 34.7 Å². The fourth-order valence-corrected chi connectivity index (χ4v) is 4.45. The first-order chi connectivity index (χ1) is 16.0. The Balaban J connectivity index is 1.83. The first kappa shape index (κ1) is 27.7. The van der Waals surface area contributed by atoms with E-state index in [-0.39, 0.29) is 24.2 Å². The molecule has 7 nitrogen and oxygen atoms in total. The van der Waals surface area contributed by atoms with Gasteiger partial charge in [-0.1, -0.05) is 38.7 Å². The fourth-order valence-electron chi connectivity index (χ4n) is 4.45. The van der Waals surface area contributed by atoms with Crippen LogP contribution in [0, 0.1) is 5.92 Å². The van der Waals surface area contributed by atoms with Gasteiger partial charge in [0.15, 0.2) is 5.82 Å². The van der Waals surface area contributed by atoms with Crippen molar-refractivity contribution in [1.29, 1.82) is 0 Å². The fraction of sp³-hybridized carbons (Fsp3) is 0.640. The van der Waals surface area contributed by atoms with Crippen LogP contribution in [0.3, 0.4) is 0 Å². The van der Waals surface area contributed by atoms with Crippen LogP contribution in [0.5, 0.6) is 0 Å². The van der Waals surface area contributed by atoms with E-state index < -0.39 is 30.6 Å². The zero-order valence-electron chi connectivity index (χ0n) is 20.6. The summed E-state index contributed by atoms with van der Waals surface area (Å²) < 4.78 is 25.4. The molecule has 2 rings (SSSR count). The molecule has 0 bridgehead atoms. The molecule has 1 aliphatic rings. The lowest BCUT2D eigenvalue weighted by Gasteiger charge is -2.36. The van der Waals surface area contributed by atoms with Gasteiger partial charge in [0.25, 0.3) is 0 Å². The zero-order valence-corrected chi connectivity index (χ0v) is 20.6. The molecule has 0 saturated heterocycles. The van der Waals surface area contributed by atoms with Gasteiger partial charge in [-0.3, -0.25) is 14.7 Å². The van der Waals surface area contributed by atoms with Gasteiger partial charge in [-0.2, -0.15) is 5.10 Å². The number of aromatic nitrogens is 2. The minimum atomic E-state index is -1.41. The number of carbonyl (C=O) groups is 2. The summed E-state index contributed by atoms with van der Waals surface area (Å²) in [6.07, 6.45) is 6.47. The van der Waals surface area contributed by atoms with Crippen molar-refractivity contribution < 1.29 is 23.5 Å². The normalized spacial score (nSPS) is 17.9. The van der Waals surface area contributed by atoms with E-state index in [0.717, 1.165) is 17.8 Å². The molecule has 0 spiro atoms. The average molecular weight is 481 g/mol. The number of H-pyrrole nitrogens is 1. The summed E-state index contributed by atoms with van der Waals surface area (Å²) >= 11 is 0. The van der Waals surface area contributed by atoms with Gasteiger partial charge < -0.3 is 15.7 Å². The van der Waals surface area contributed by atoms with Gasteiger partial charge in [0.1, 0.15) is 18.6 Å². The van der Waals surface area contributed by atoms with Crippen LogP contribution in [-0.4, -0.2) is 45.9 Å². The monoisotopic (exact) mass is 480 g/mol. The van der Waals surface area contributed by atoms with Gasteiger partial charge in [-0.05, 0) is 44.8 Å². The van der Waals surface area contributed by atoms with Crippen molar-refractivity contribution >= 4 is 17.6 Å². The van der Waals surface area contributed by atoms with E-state index in [1.165, 1.54) is 39.0 Å². The number of alkyl halides is 1. The molecule has 0 aromatic carbocycles.